The molecule has 1 aliphatic rings. The lowest BCUT2D eigenvalue weighted by Crippen LogP contribution is -2.34. The van der Waals surface area contributed by atoms with Crippen molar-refractivity contribution in [3.05, 3.63) is 27.6 Å². The first kappa shape index (κ1) is 13.6. The summed E-state index contributed by atoms with van der Waals surface area (Å²) in [4.78, 5) is 13.4. The van der Waals surface area contributed by atoms with Crippen LogP contribution < -0.4 is 5.56 Å². The lowest BCUT2D eigenvalue weighted by atomic mass is 9.86. The topological polar surface area (TPSA) is 70.2 Å². The number of aromatic amines is 1. The largest absolute Gasteiger partial charge is 0.326 e. The van der Waals surface area contributed by atoms with Crippen LogP contribution in [-0.4, -0.2) is 31.3 Å². The van der Waals surface area contributed by atoms with E-state index in [1.165, 1.54) is 23.0 Å². The van der Waals surface area contributed by atoms with Crippen molar-refractivity contribution in [1.29, 1.82) is 0 Å². The van der Waals surface area contributed by atoms with Gasteiger partial charge in [-0.1, -0.05) is 18.0 Å². The zero-order valence-corrected chi connectivity index (χ0v) is 11.6. The Morgan fingerprint density at radius 2 is 2.17 bits per heavy atom. The van der Waals surface area contributed by atoms with Gasteiger partial charge < -0.3 is 4.98 Å². The second-order valence-corrected chi connectivity index (χ2v) is 7.05. The molecule has 18 heavy (non-hydrogen) atoms. The van der Waals surface area contributed by atoms with Crippen molar-refractivity contribution >= 4 is 21.6 Å². The van der Waals surface area contributed by atoms with Crippen LogP contribution in [0.4, 0.5) is 0 Å². The molecule has 1 aliphatic carbocycles. The minimum absolute atomic E-state index is 0.0222. The van der Waals surface area contributed by atoms with E-state index in [2.05, 4.69) is 4.98 Å². The molecule has 7 heteroatoms. The van der Waals surface area contributed by atoms with Crippen LogP contribution in [0.15, 0.2) is 22.0 Å². The molecule has 1 aromatic heterocycles. The molecule has 0 unspecified atom stereocenters. The molecule has 0 aliphatic heterocycles. The van der Waals surface area contributed by atoms with Crippen molar-refractivity contribution in [3.63, 3.8) is 0 Å². The number of hydrogen-bond acceptors (Lipinski definition) is 3. The van der Waals surface area contributed by atoms with E-state index in [-0.39, 0.29) is 9.92 Å². The van der Waals surface area contributed by atoms with Crippen LogP contribution in [0, 0.1) is 5.92 Å². The molecule has 1 saturated carbocycles. The van der Waals surface area contributed by atoms with Crippen LogP contribution in [-0.2, 0) is 10.0 Å². The van der Waals surface area contributed by atoms with E-state index in [1.54, 1.807) is 7.05 Å². The molecule has 0 atom stereocenters. The Hall–Kier alpha value is -0.850. The minimum atomic E-state index is -3.57. The van der Waals surface area contributed by atoms with Crippen molar-refractivity contribution in [2.75, 3.05) is 13.6 Å². The Morgan fingerprint density at radius 3 is 2.67 bits per heavy atom. The third-order valence-corrected chi connectivity index (χ3v) is 5.36. The standard InChI is InChI=1S/C11H15ClN2O3S/c1-14(7-8-3-2-4-8)18(16,17)9-5-10(12)11(15)13-6-9/h5-6,8H,2-4,7H2,1H3,(H,13,15). The summed E-state index contributed by atoms with van der Waals surface area (Å²) in [5, 5.41) is -0.117. The van der Waals surface area contributed by atoms with Crippen LogP contribution in [0.5, 0.6) is 0 Å². The molecule has 5 nitrogen and oxygen atoms in total. The number of nitrogens with zero attached hydrogens (tertiary/aromatic N) is 1. The zero-order chi connectivity index (χ0) is 13.3. The van der Waals surface area contributed by atoms with E-state index in [1.807, 2.05) is 0 Å². The lowest BCUT2D eigenvalue weighted by molar-refractivity contribution is 0.263. The summed E-state index contributed by atoms with van der Waals surface area (Å²) >= 11 is 5.64. The predicted octanol–water partition coefficient (Wildman–Crippen LogP) is 1.45. The molecular formula is C11H15ClN2O3S. The Bertz CT molecular complexity index is 593. The van der Waals surface area contributed by atoms with E-state index >= 15 is 0 Å². The predicted molar refractivity (Wildman–Crippen MR) is 69.2 cm³/mol. The van der Waals surface area contributed by atoms with Gasteiger partial charge in [-0.2, -0.15) is 0 Å². The number of hydrogen-bond donors (Lipinski definition) is 1. The molecule has 1 N–H and O–H groups in total. The van der Waals surface area contributed by atoms with Gasteiger partial charge in [0.15, 0.2) is 0 Å². The van der Waals surface area contributed by atoms with Gasteiger partial charge >= 0.3 is 0 Å². The highest BCUT2D eigenvalue weighted by molar-refractivity contribution is 7.89. The normalized spacial score (nSPS) is 16.8. The molecule has 2 rings (SSSR count). The fourth-order valence-corrected chi connectivity index (χ4v) is 3.38. The van der Waals surface area contributed by atoms with Gasteiger partial charge in [0, 0.05) is 19.8 Å². The maximum Gasteiger partial charge on any atom is 0.266 e. The van der Waals surface area contributed by atoms with Crippen molar-refractivity contribution < 1.29 is 8.42 Å². The number of pyridine rings is 1. The van der Waals surface area contributed by atoms with Crippen LogP contribution in [0.3, 0.4) is 0 Å². The van der Waals surface area contributed by atoms with Crippen molar-refractivity contribution in [3.8, 4) is 0 Å². The summed E-state index contributed by atoms with van der Waals surface area (Å²) in [6.07, 6.45) is 4.50. The van der Waals surface area contributed by atoms with Crippen LogP contribution in [0.2, 0.25) is 5.02 Å². The summed E-state index contributed by atoms with van der Waals surface area (Å²) < 4.78 is 25.8. The molecule has 100 valence electrons. The fourth-order valence-electron chi connectivity index (χ4n) is 1.90. The summed E-state index contributed by atoms with van der Waals surface area (Å²) in [5.41, 5.74) is -0.489. The van der Waals surface area contributed by atoms with Crippen molar-refractivity contribution in [2.24, 2.45) is 5.92 Å². The van der Waals surface area contributed by atoms with Crippen LogP contribution >= 0.6 is 11.6 Å². The van der Waals surface area contributed by atoms with Gasteiger partial charge in [0.25, 0.3) is 5.56 Å². The number of sulfonamides is 1. The molecule has 1 heterocycles. The number of H-pyrrole nitrogens is 1. The Balaban J connectivity index is 2.23. The molecule has 0 aromatic carbocycles. The van der Waals surface area contributed by atoms with E-state index in [0.29, 0.717) is 12.5 Å². The van der Waals surface area contributed by atoms with Gasteiger partial charge in [0.05, 0.1) is 4.90 Å². The average Bonchev–Trinajstić information content (AvgIpc) is 2.26. The van der Waals surface area contributed by atoms with Gasteiger partial charge in [-0.15, -0.1) is 0 Å². The molecule has 0 radical (unpaired) electrons. The Morgan fingerprint density at radius 1 is 1.50 bits per heavy atom. The maximum atomic E-state index is 12.2. The highest BCUT2D eigenvalue weighted by Gasteiger charge is 2.27. The van der Waals surface area contributed by atoms with Crippen molar-refractivity contribution in [2.45, 2.75) is 24.2 Å². The average molecular weight is 291 g/mol. The lowest BCUT2D eigenvalue weighted by Gasteiger charge is -2.29. The molecule has 0 amide bonds. The molecule has 1 aromatic rings. The number of rotatable bonds is 4. The first-order valence-electron chi connectivity index (χ1n) is 5.76. The van der Waals surface area contributed by atoms with E-state index in [4.69, 9.17) is 11.6 Å². The maximum absolute atomic E-state index is 12.2. The van der Waals surface area contributed by atoms with Gasteiger partial charge in [-0.25, -0.2) is 12.7 Å². The first-order chi connectivity index (χ1) is 8.41. The minimum Gasteiger partial charge on any atom is -0.326 e. The molecule has 0 spiro atoms. The van der Waals surface area contributed by atoms with Gasteiger partial charge in [-0.05, 0) is 24.8 Å². The first-order valence-corrected chi connectivity index (χ1v) is 7.57. The third-order valence-electron chi connectivity index (χ3n) is 3.28. The SMILES string of the molecule is CN(CC1CCC1)S(=O)(=O)c1c[nH]c(=O)c(Cl)c1. The molecule has 0 bridgehead atoms. The summed E-state index contributed by atoms with van der Waals surface area (Å²) in [7, 11) is -2.02. The fraction of sp³-hybridized carbons (Fsp3) is 0.545. The highest BCUT2D eigenvalue weighted by atomic mass is 35.5. The quantitative estimate of drug-likeness (QED) is 0.912. The molecular weight excluding hydrogens is 276 g/mol. The summed E-state index contributed by atoms with van der Waals surface area (Å²) in [5.74, 6) is 0.447. The number of nitrogens with one attached hydrogen (secondary N) is 1. The van der Waals surface area contributed by atoms with Gasteiger partial charge in [0.2, 0.25) is 10.0 Å². The second kappa shape index (κ2) is 5.03. The Labute approximate surface area is 111 Å². The number of halogens is 1. The monoisotopic (exact) mass is 290 g/mol. The van der Waals surface area contributed by atoms with Crippen LogP contribution in [0.1, 0.15) is 19.3 Å². The zero-order valence-electron chi connectivity index (χ0n) is 10.0. The van der Waals surface area contributed by atoms with Crippen LogP contribution in [0.25, 0.3) is 0 Å². The van der Waals surface area contributed by atoms with Gasteiger partial charge in [0.1, 0.15) is 5.02 Å². The highest BCUT2D eigenvalue weighted by Crippen LogP contribution is 2.28. The van der Waals surface area contributed by atoms with Gasteiger partial charge in [-0.3, -0.25) is 4.79 Å². The number of aromatic nitrogens is 1. The third kappa shape index (κ3) is 2.60. The Kier molecular flexibility index (Phi) is 3.79. The summed E-state index contributed by atoms with van der Waals surface area (Å²) in [6, 6.07) is 1.19. The summed E-state index contributed by atoms with van der Waals surface area (Å²) in [6.45, 7) is 0.513. The molecule has 0 saturated heterocycles. The van der Waals surface area contributed by atoms with E-state index in [9.17, 15) is 13.2 Å². The van der Waals surface area contributed by atoms with E-state index < -0.39 is 15.6 Å². The smallest absolute Gasteiger partial charge is 0.266 e. The second-order valence-electron chi connectivity index (χ2n) is 4.59. The van der Waals surface area contributed by atoms with E-state index in [0.717, 1.165) is 12.8 Å². The molecule has 1 fully saturated rings. The van der Waals surface area contributed by atoms with Crippen molar-refractivity contribution in [1.82, 2.24) is 9.29 Å².